The van der Waals surface area contributed by atoms with Crippen LogP contribution in [0.25, 0.3) is 0 Å². The number of aliphatic hydroxyl groups excluding tert-OH is 1. The van der Waals surface area contributed by atoms with Crippen molar-refractivity contribution in [2.75, 3.05) is 33.9 Å². The first-order valence-corrected chi connectivity index (χ1v) is 17.6. The zero-order valence-corrected chi connectivity index (χ0v) is 31.8. The highest BCUT2D eigenvalue weighted by Gasteiger charge is 2.51. The van der Waals surface area contributed by atoms with Crippen molar-refractivity contribution < 1.29 is 52.1 Å². The van der Waals surface area contributed by atoms with E-state index in [1.807, 2.05) is 25.1 Å². The van der Waals surface area contributed by atoms with Crippen molar-refractivity contribution in [3.05, 3.63) is 70.5 Å². The van der Waals surface area contributed by atoms with Gasteiger partial charge in [-0.15, -0.1) is 0 Å². The minimum absolute atomic E-state index is 0.0608. The van der Waals surface area contributed by atoms with Crippen molar-refractivity contribution in [2.45, 2.75) is 77.3 Å². The summed E-state index contributed by atoms with van der Waals surface area (Å²) in [6.45, 7) is 3.52. The number of nitrogens with two attached hydrogens (primary N) is 2. The van der Waals surface area contributed by atoms with Gasteiger partial charge < -0.3 is 51.1 Å². The van der Waals surface area contributed by atoms with Gasteiger partial charge in [-0.2, -0.15) is 0 Å². The fourth-order valence-electron chi connectivity index (χ4n) is 6.08. The molecule has 19 heteroatoms. The summed E-state index contributed by atoms with van der Waals surface area (Å²) < 4.78 is 37.8. The third-order valence-electron chi connectivity index (χ3n) is 8.96. The maximum atomic E-state index is 13.8. The number of alkyl halides is 2. The average Bonchev–Trinajstić information content (AvgIpc) is 3.88. The Morgan fingerprint density at radius 1 is 1.12 bits per heavy atom. The molecule has 2 fully saturated rings. The fourth-order valence-corrected chi connectivity index (χ4v) is 6.08. The molecule has 0 aliphatic carbocycles. The highest BCUT2D eigenvalue weighted by molar-refractivity contribution is 6.38. The molecule has 3 aliphatic heterocycles. The summed E-state index contributed by atoms with van der Waals surface area (Å²) in [4.78, 5) is 71.1. The number of halogens is 2. The smallest absolute Gasteiger partial charge is 0.289 e. The third kappa shape index (κ3) is 12.9. The number of ether oxygens (including phenoxy) is 2. The summed E-state index contributed by atoms with van der Waals surface area (Å²) in [5.74, 6) is 0.598. The van der Waals surface area contributed by atoms with Crippen LogP contribution in [-0.2, 0) is 54.9 Å². The maximum Gasteiger partial charge on any atom is 0.289 e. The Kier molecular flexibility index (Phi) is 16.5. The molecule has 3 heterocycles. The van der Waals surface area contributed by atoms with Crippen LogP contribution in [0, 0.1) is 0 Å². The van der Waals surface area contributed by atoms with E-state index in [9.17, 15) is 37.5 Å². The molecular formula is C37H50F2N8O9. The zero-order valence-electron chi connectivity index (χ0n) is 31.8. The van der Waals surface area contributed by atoms with Crippen LogP contribution >= 0.6 is 0 Å². The van der Waals surface area contributed by atoms with Gasteiger partial charge in [0.05, 0.1) is 46.2 Å². The van der Waals surface area contributed by atoms with Crippen LogP contribution in [0.5, 0.6) is 11.5 Å². The van der Waals surface area contributed by atoms with E-state index in [2.05, 4.69) is 16.0 Å². The average molecular weight is 789 g/mol. The van der Waals surface area contributed by atoms with Crippen molar-refractivity contribution in [2.24, 2.45) is 11.6 Å². The number of ketones is 1. The number of rotatable bonds is 13. The molecule has 0 saturated carbocycles. The Labute approximate surface area is 323 Å². The minimum atomic E-state index is -3.30. The van der Waals surface area contributed by atoms with Crippen LogP contribution in [0.15, 0.2) is 48.3 Å². The maximum absolute atomic E-state index is 13.8. The number of aliphatic hydroxyl groups is 1. The van der Waals surface area contributed by atoms with Gasteiger partial charge in [0.2, 0.25) is 29.9 Å². The Morgan fingerprint density at radius 2 is 1.84 bits per heavy atom. The Bertz CT molecular complexity index is 1780. The van der Waals surface area contributed by atoms with Gasteiger partial charge in [0, 0.05) is 51.6 Å². The number of benzene rings is 2. The predicted molar refractivity (Wildman–Crippen MR) is 198 cm³/mol. The molecule has 2 aromatic carbocycles. The molecule has 0 radical (unpaired) electrons. The number of carbonyl (C=O) groups is 6. The predicted octanol–water partition coefficient (Wildman–Crippen LogP) is 0.173. The van der Waals surface area contributed by atoms with Gasteiger partial charge in [0.1, 0.15) is 6.04 Å². The van der Waals surface area contributed by atoms with Crippen LogP contribution in [0.3, 0.4) is 0 Å². The molecule has 2 saturated heterocycles. The topological polar surface area (TPSA) is 239 Å². The van der Waals surface area contributed by atoms with Gasteiger partial charge in [-0.1, -0.05) is 24.3 Å². The van der Waals surface area contributed by atoms with Gasteiger partial charge in [0.25, 0.3) is 11.8 Å². The molecule has 56 heavy (non-hydrogen) atoms. The van der Waals surface area contributed by atoms with E-state index in [0.717, 1.165) is 29.5 Å². The van der Waals surface area contributed by atoms with Gasteiger partial charge in [0.15, 0.2) is 11.5 Å². The SMILES string of the molecule is CC(=O)N1Cc2cccc(CN(N)/C=C(\N)CO)c2C1.CC1CCC(=O)N1.COc1ccc(CNC(=O)C(=O)C2CC(F)(F)CN2C(=O)CNC=O)cc1OC. The summed E-state index contributed by atoms with van der Waals surface area (Å²) in [5.41, 5.74) is 9.81. The van der Waals surface area contributed by atoms with E-state index in [1.165, 1.54) is 25.4 Å². The van der Waals surface area contributed by atoms with E-state index in [-0.39, 0.29) is 31.4 Å². The lowest BCUT2D eigenvalue weighted by Crippen LogP contribution is -2.48. The van der Waals surface area contributed by atoms with E-state index < -0.39 is 49.1 Å². The number of nitrogens with zero attached hydrogens (tertiary/aromatic N) is 3. The second-order valence-electron chi connectivity index (χ2n) is 13.3. The van der Waals surface area contributed by atoms with Crippen molar-refractivity contribution in [1.82, 2.24) is 30.8 Å². The quantitative estimate of drug-likeness (QED) is 0.0690. The van der Waals surface area contributed by atoms with E-state index in [0.29, 0.717) is 53.3 Å². The van der Waals surface area contributed by atoms with Crippen molar-refractivity contribution in [3.8, 4) is 11.5 Å². The summed E-state index contributed by atoms with van der Waals surface area (Å²) >= 11 is 0. The lowest BCUT2D eigenvalue weighted by molar-refractivity contribution is -0.144. The number of hydrogen-bond acceptors (Lipinski definition) is 12. The first-order valence-electron chi connectivity index (χ1n) is 17.6. The number of fused-ring (bicyclic) bond motifs is 1. The van der Waals surface area contributed by atoms with E-state index in [4.69, 9.17) is 26.2 Å². The molecule has 3 aliphatic rings. The molecule has 5 amide bonds. The summed E-state index contributed by atoms with van der Waals surface area (Å²) in [6.07, 6.45) is 2.53. The number of carbonyl (C=O) groups excluding carboxylic acids is 6. The molecule has 2 atom stereocenters. The second-order valence-corrected chi connectivity index (χ2v) is 13.3. The summed E-state index contributed by atoms with van der Waals surface area (Å²) in [6, 6.07) is 9.64. The lowest BCUT2D eigenvalue weighted by Gasteiger charge is -2.22. The number of hydrazine groups is 1. The highest BCUT2D eigenvalue weighted by Crippen LogP contribution is 2.33. The highest BCUT2D eigenvalue weighted by atomic mass is 19.3. The van der Waals surface area contributed by atoms with Crippen molar-refractivity contribution in [1.29, 1.82) is 0 Å². The number of likely N-dealkylation sites (tertiary alicyclic amines) is 1. The van der Waals surface area contributed by atoms with Crippen LogP contribution in [0.4, 0.5) is 8.78 Å². The van der Waals surface area contributed by atoms with Crippen LogP contribution in [0.1, 0.15) is 55.4 Å². The van der Waals surface area contributed by atoms with E-state index >= 15 is 0 Å². The Balaban J connectivity index is 0.000000266. The number of methoxy groups -OCH3 is 2. The molecule has 306 valence electrons. The van der Waals surface area contributed by atoms with Crippen LogP contribution in [-0.4, -0.2) is 108 Å². The molecule has 17 nitrogen and oxygen atoms in total. The molecule has 2 aromatic rings. The molecule has 0 spiro atoms. The number of Topliss-reactive ketones (excluding diaryl/α,β-unsaturated/α-hetero) is 1. The molecule has 0 aromatic heterocycles. The number of nitrogens with one attached hydrogen (secondary N) is 3. The number of amides is 5. The Morgan fingerprint density at radius 3 is 2.41 bits per heavy atom. The molecule has 2 unspecified atom stereocenters. The van der Waals surface area contributed by atoms with E-state index in [1.54, 1.807) is 30.0 Å². The molecular weight excluding hydrogens is 738 g/mol. The third-order valence-corrected chi connectivity index (χ3v) is 8.96. The van der Waals surface area contributed by atoms with Crippen molar-refractivity contribution >= 4 is 35.8 Å². The normalized spacial score (nSPS) is 17.9. The van der Waals surface area contributed by atoms with Crippen LogP contribution in [0.2, 0.25) is 0 Å². The van der Waals surface area contributed by atoms with Crippen molar-refractivity contribution in [3.63, 3.8) is 0 Å². The standard InChI is InChI=1S/C18H21F2N3O6.C14H20N4O2.C5H9NO/c1-28-13-4-3-11(5-14(13)29-2)7-22-17(27)16(26)12-6-18(19,20)9-23(12)15(25)8-21-10-24;1-10(20)17-5-11-3-2-4-12(14(11)8-17)6-18(16)7-13(15)9-19;1-4-2-3-5(7)6-4/h3-5,10,12H,6-9H2,1-2H3,(H,21,24)(H,22,27);2-4,7,19H,5-6,8-9,15-16H2,1H3;4H,2-3H2,1H3,(H,6,7)/b;13-7-;. The minimum Gasteiger partial charge on any atom is -0.493 e. The van der Waals surface area contributed by atoms with Gasteiger partial charge in [-0.3, -0.25) is 28.8 Å². The Hall–Kier alpha value is -5.82. The lowest BCUT2D eigenvalue weighted by atomic mass is 10.0. The van der Waals surface area contributed by atoms with Gasteiger partial charge in [-0.25, -0.2) is 14.6 Å². The fraction of sp³-hybridized carbons (Fsp3) is 0.459. The summed E-state index contributed by atoms with van der Waals surface area (Å²) in [7, 11) is 2.90. The number of hydrogen-bond donors (Lipinski definition) is 6. The molecule has 5 rings (SSSR count). The first-order chi connectivity index (χ1) is 26.5. The monoisotopic (exact) mass is 788 g/mol. The molecule has 8 N–H and O–H groups in total. The molecule has 0 bridgehead atoms. The largest absolute Gasteiger partial charge is 0.493 e. The van der Waals surface area contributed by atoms with Crippen LogP contribution < -0.4 is 37.0 Å². The summed E-state index contributed by atoms with van der Waals surface area (Å²) in [5, 5.41) is 17.5. The second kappa shape index (κ2) is 20.7. The zero-order chi connectivity index (χ0) is 41.6. The van der Waals surface area contributed by atoms with Gasteiger partial charge in [-0.05, 0) is 47.7 Å². The first kappa shape index (κ1) is 44.6. The van der Waals surface area contributed by atoms with Gasteiger partial charge >= 0.3 is 0 Å².